The monoisotopic (exact) mass is 247 g/mol. The van der Waals surface area contributed by atoms with Gasteiger partial charge in [0.2, 0.25) is 0 Å². The maximum atomic E-state index is 12.6. The summed E-state index contributed by atoms with van der Waals surface area (Å²) in [7, 11) is 1.90. The van der Waals surface area contributed by atoms with Gasteiger partial charge in [0.25, 0.3) is 5.91 Å². The van der Waals surface area contributed by atoms with E-state index in [1.807, 2.05) is 25.8 Å². The van der Waals surface area contributed by atoms with E-state index in [2.05, 4.69) is 5.10 Å². The van der Waals surface area contributed by atoms with Crippen LogP contribution >= 0.6 is 0 Å². The Morgan fingerprint density at radius 3 is 2.33 bits per heavy atom. The SMILES string of the molecule is Cc1nn(C)c(C)c1C(=O)N1CC2CCCC2C1. The zero-order chi connectivity index (χ0) is 12.9. The third-order valence-corrected chi connectivity index (χ3v) is 4.74. The van der Waals surface area contributed by atoms with E-state index in [4.69, 9.17) is 0 Å². The van der Waals surface area contributed by atoms with Crippen LogP contribution < -0.4 is 0 Å². The van der Waals surface area contributed by atoms with Gasteiger partial charge in [-0.1, -0.05) is 6.42 Å². The fourth-order valence-electron chi connectivity index (χ4n) is 3.64. The minimum Gasteiger partial charge on any atom is -0.338 e. The van der Waals surface area contributed by atoms with Crippen LogP contribution in [0.25, 0.3) is 0 Å². The van der Waals surface area contributed by atoms with Crippen molar-refractivity contribution in [3.63, 3.8) is 0 Å². The number of hydrogen-bond acceptors (Lipinski definition) is 2. The lowest BCUT2D eigenvalue weighted by molar-refractivity contribution is 0.0779. The molecule has 0 bridgehead atoms. The largest absolute Gasteiger partial charge is 0.338 e. The molecule has 1 saturated carbocycles. The molecule has 0 aromatic carbocycles. The van der Waals surface area contributed by atoms with Crippen LogP contribution in [0.3, 0.4) is 0 Å². The molecule has 1 saturated heterocycles. The van der Waals surface area contributed by atoms with Crippen molar-refractivity contribution in [2.24, 2.45) is 18.9 Å². The van der Waals surface area contributed by atoms with E-state index in [1.165, 1.54) is 19.3 Å². The number of likely N-dealkylation sites (tertiary alicyclic amines) is 1. The maximum Gasteiger partial charge on any atom is 0.257 e. The Morgan fingerprint density at radius 1 is 1.22 bits per heavy atom. The summed E-state index contributed by atoms with van der Waals surface area (Å²) in [5, 5.41) is 4.34. The highest BCUT2D eigenvalue weighted by atomic mass is 16.2. The van der Waals surface area contributed by atoms with Crippen molar-refractivity contribution in [2.45, 2.75) is 33.1 Å². The van der Waals surface area contributed by atoms with E-state index < -0.39 is 0 Å². The minimum atomic E-state index is 0.188. The first-order valence-electron chi connectivity index (χ1n) is 6.87. The van der Waals surface area contributed by atoms with Crippen LogP contribution in [0.15, 0.2) is 0 Å². The second-order valence-electron chi connectivity index (χ2n) is 5.83. The minimum absolute atomic E-state index is 0.188. The van der Waals surface area contributed by atoms with Gasteiger partial charge in [-0.25, -0.2) is 0 Å². The van der Waals surface area contributed by atoms with Crippen LogP contribution in [0.4, 0.5) is 0 Å². The number of nitrogens with zero attached hydrogens (tertiary/aromatic N) is 3. The van der Waals surface area contributed by atoms with Crippen LogP contribution in [-0.4, -0.2) is 33.7 Å². The predicted molar refractivity (Wildman–Crippen MR) is 69.4 cm³/mol. The highest BCUT2D eigenvalue weighted by molar-refractivity contribution is 5.96. The highest BCUT2D eigenvalue weighted by Gasteiger charge is 2.39. The Hall–Kier alpha value is -1.32. The van der Waals surface area contributed by atoms with E-state index in [9.17, 15) is 4.79 Å². The molecule has 98 valence electrons. The number of aryl methyl sites for hydroxylation is 2. The standard InChI is InChI=1S/C14H21N3O/c1-9-13(10(2)16(3)15-9)14(18)17-7-11-5-4-6-12(11)8-17/h11-12H,4-8H2,1-3H3. The van der Waals surface area contributed by atoms with Crippen molar-refractivity contribution in [1.82, 2.24) is 14.7 Å². The average molecular weight is 247 g/mol. The van der Waals surface area contributed by atoms with Gasteiger partial charge in [0.15, 0.2) is 0 Å². The van der Waals surface area contributed by atoms with Crippen LogP contribution in [0.5, 0.6) is 0 Å². The molecule has 1 aromatic heterocycles. The van der Waals surface area contributed by atoms with Crippen molar-refractivity contribution in [3.05, 3.63) is 17.0 Å². The molecule has 2 heterocycles. The summed E-state index contributed by atoms with van der Waals surface area (Å²) in [5.74, 6) is 1.70. The topological polar surface area (TPSA) is 38.1 Å². The molecule has 4 heteroatoms. The second kappa shape index (κ2) is 4.11. The molecule has 0 N–H and O–H groups in total. The number of carbonyl (C=O) groups is 1. The van der Waals surface area contributed by atoms with E-state index >= 15 is 0 Å². The van der Waals surface area contributed by atoms with Crippen molar-refractivity contribution >= 4 is 5.91 Å². The summed E-state index contributed by atoms with van der Waals surface area (Å²) in [6.07, 6.45) is 3.96. The summed E-state index contributed by atoms with van der Waals surface area (Å²) in [6, 6.07) is 0. The van der Waals surface area contributed by atoms with Crippen LogP contribution in [-0.2, 0) is 7.05 Å². The Kier molecular flexibility index (Phi) is 2.68. The quantitative estimate of drug-likeness (QED) is 0.760. The molecule has 2 atom stereocenters. The molecule has 1 aromatic rings. The van der Waals surface area contributed by atoms with Gasteiger partial charge in [0, 0.05) is 25.8 Å². The summed E-state index contributed by atoms with van der Waals surface area (Å²) in [4.78, 5) is 14.7. The molecule has 2 fully saturated rings. The normalized spacial score (nSPS) is 26.7. The van der Waals surface area contributed by atoms with E-state index in [0.29, 0.717) is 0 Å². The predicted octanol–water partition coefficient (Wildman–Crippen LogP) is 1.91. The fraction of sp³-hybridized carbons (Fsp3) is 0.714. The van der Waals surface area contributed by atoms with Crippen LogP contribution in [0.1, 0.15) is 41.0 Å². The van der Waals surface area contributed by atoms with Gasteiger partial charge in [-0.05, 0) is 38.5 Å². The number of aromatic nitrogens is 2. The van der Waals surface area contributed by atoms with Crippen molar-refractivity contribution in [3.8, 4) is 0 Å². The molecular weight excluding hydrogens is 226 g/mol. The zero-order valence-corrected chi connectivity index (χ0v) is 11.4. The summed E-state index contributed by atoms with van der Waals surface area (Å²) >= 11 is 0. The van der Waals surface area contributed by atoms with Crippen molar-refractivity contribution in [2.75, 3.05) is 13.1 Å². The first-order chi connectivity index (χ1) is 8.58. The van der Waals surface area contributed by atoms with Gasteiger partial charge in [0.1, 0.15) is 0 Å². The number of amides is 1. The van der Waals surface area contributed by atoms with E-state index in [-0.39, 0.29) is 5.91 Å². The van der Waals surface area contributed by atoms with Crippen molar-refractivity contribution in [1.29, 1.82) is 0 Å². The third-order valence-electron chi connectivity index (χ3n) is 4.74. The second-order valence-corrected chi connectivity index (χ2v) is 5.83. The number of rotatable bonds is 1. The smallest absolute Gasteiger partial charge is 0.257 e. The molecule has 3 rings (SSSR count). The highest BCUT2D eigenvalue weighted by Crippen LogP contribution is 2.38. The molecule has 1 amide bonds. The van der Waals surface area contributed by atoms with Gasteiger partial charge < -0.3 is 4.90 Å². The van der Waals surface area contributed by atoms with Gasteiger partial charge in [0.05, 0.1) is 11.3 Å². The van der Waals surface area contributed by atoms with Gasteiger partial charge in [-0.3, -0.25) is 9.48 Å². The lowest BCUT2D eigenvalue weighted by Gasteiger charge is -2.17. The average Bonchev–Trinajstić information content (AvgIpc) is 2.93. The van der Waals surface area contributed by atoms with Crippen LogP contribution in [0.2, 0.25) is 0 Å². The maximum absolute atomic E-state index is 12.6. The molecule has 18 heavy (non-hydrogen) atoms. The third kappa shape index (κ3) is 1.66. The Balaban J connectivity index is 1.83. The first-order valence-corrected chi connectivity index (χ1v) is 6.87. The molecule has 0 radical (unpaired) electrons. The number of carbonyl (C=O) groups excluding carboxylic acids is 1. The molecule has 2 aliphatic rings. The Morgan fingerprint density at radius 2 is 1.83 bits per heavy atom. The molecule has 1 aliphatic heterocycles. The van der Waals surface area contributed by atoms with Gasteiger partial charge in [-0.15, -0.1) is 0 Å². The molecule has 2 unspecified atom stereocenters. The zero-order valence-electron chi connectivity index (χ0n) is 11.4. The fourth-order valence-corrected chi connectivity index (χ4v) is 3.64. The van der Waals surface area contributed by atoms with Gasteiger partial charge >= 0.3 is 0 Å². The first kappa shape index (κ1) is 11.8. The number of fused-ring (bicyclic) bond motifs is 1. The lowest BCUT2D eigenvalue weighted by atomic mass is 10.0. The van der Waals surface area contributed by atoms with E-state index in [0.717, 1.165) is 41.9 Å². The molecule has 1 aliphatic carbocycles. The van der Waals surface area contributed by atoms with Gasteiger partial charge in [-0.2, -0.15) is 5.10 Å². The molecule has 4 nitrogen and oxygen atoms in total. The van der Waals surface area contributed by atoms with Crippen LogP contribution in [0, 0.1) is 25.7 Å². The summed E-state index contributed by atoms with van der Waals surface area (Å²) < 4.78 is 1.81. The summed E-state index contributed by atoms with van der Waals surface area (Å²) in [6.45, 7) is 5.82. The summed E-state index contributed by atoms with van der Waals surface area (Å²) in [5.41, 5.74) is 2.66. The number of hydrogen-bond donors (Lipinski definition) is 0. The van der Waals surface area contributed by atoms with E-state index in [1.54, 1.807) is 4.68 Å². The molecule has 0 spiro atoms. The molecular formula is C14H21N3O. The Labute approximate surface area is 108 Å². The van der Waals surface area contributed by atoms with Crippen molar-refractivity contribution < 1.29 is 4.79 Å². The Bertz CT molecular complexity index is 479. The lowest BCUT2D eigenvalue weighted by Crippen LogP contribution is -2.30.